The van der Waals surface area contributed by atoms with Gasteiger partial charge in [-0.15, -0.1) is 0 Å². The molecule has 1 heterocycles. The number of rotatable bonds is 7. The third kappa shape index (κ3) is 3.96. The fraction of sp³-hybridized carbons (Fsp3) is 0.455. The van der Waals surface area contributed by atoms with Crippen LogP contribution in [0.2, 0.25) is 0 Å². The van der Waals surface area contributed by atoms with E-state index in [1.54, 1.807) is 14.2 Å². The van der Waals surface area contributed by atoms with Crippen molar-refractivity contribution in [3.8, 4) is 11.5 Å². The van der Waals surface area contributed by atoms with Crippen molar-refractivity contribution in [3.63, 3.8) is 0 Å². The third-order valence-electron chi connectivity index (χ3n) is 5.33. The number of hydrogen-bond donors (Lipinski definition) is 1. The van der Waals surface area contributed by atoms with E-state index in [9.17, 15) is 0 Å². The fourth-order valence-corrected chi connectivity index (χ4v) is 3.77. The quantitative estimate of drug-likeness (QED) is 0.804. The highest BCUT2D eigenvalue weighted by molar-refractivity contribution is 5.49. The van der Waals surface area contributed by atoms with E-state index in [4.69, 9.17) is 9.47 Å². The smallest absolute Gasteiger partial charge is 0.161 e. The second-order valence-electron chi connectivity index (χ2n) is 6.85. The van der Waals surface area contributed by atoms with Crippen molar-refractivity contribution in [1.29, 1.82) is 0 Å². The summed E-state index contributed by atoms with van der Waals surface area (Å²) in [6, 6.07) is 13.5. The Balaban J connectivity index is 1.67. The molecule has 0 fully saturated rings. The highest BCUT2D eigenvalue weighted by Crippen LogP contribution is 2.37. The Labute approximate surface area is 157 Å². The van der Waals surface area contributed by atoms with Gasteiger partial charge in [0.1, 0.15) is 0 Å². The molecular formula is C22H30N2O2. The fourth-order valence-electron chi connectivity index (χ4n) is 3.77. The van der Waals surface area contributed by atoms with E-state index in [2.05, 4.69) is 60.5 Å². The number of hydrogen-bond acceptors (Lipinski definition) is 4. The topological polar surface area (TPSA) is 33.7 Å². The van der Waals surface area contributed by atoms with Gasteiger partial charge in [0.15, 0.2) is 11.5 Å². The number of nitrogens with one attached hydrogen (secondary N) is 1. The number of benzene rings is 2. The van der Waals surface area contributed by atoms with Gasteiger partial charge in [0, 0.05) is 31.4 Å². The highest BCUT2D eigenvalue weighted by atomic mass is 16.5. The Bertz CT molecular complexity index is 728. The highest BCUT2D eigenvalue weighted by Gasteiger charge is 2.25. The zero-order valence-corrected chi connectivity index (χ0v) is 16.3. The molecule has 4 heteroatoms. The number of fused-ring (bicyclic) bond motifs is 1. The van der Waals surface area contributed by atoms with Crippen molar-refractivity contribution in [1.82, 2.24) is 4.90 Å². The predicted octanol–water partition coefficient (Wildman–Crippen LogP) is 4.30. The summed E-state index contributed by atoms with van der Waals surface area (Å²) in [5.74, 6) is 1.65. The van der Waals surface area contributed by atoms with Gasteiger partial charge in [0.25, 0.3) is 0 Å². The van der Waals surface area contributed by atoms with Crippen molar-refractivity contribution >= 4 is 5.69 Å². The molecule has 2 aromatic carbocycles. The molecule has 0 aliphatic carbocycles. The summed E-state index contributed by atoms with van der Waals surface area (Å²) in [5, 5.41) is 3.35. The summed E-state index contributed by atoms with van der Waals surface area (Å²) in [5.41, 5.74) is 5.31. The lowest BCUT2D eigenvalue weighted by atomic mass is 9.92. The van der Waals surface area contributed by atoms with Crippen LogP contribution < -0.4 is 14.8 Å². The average molecular weight is 354 g/mol. The number of nitrogens with zero attached hydrogens (tertiary/aromatic N) is 1. The van der Waals surface area contributed by atoms with Crippen molar-refractivity contribution in [2.75, 3.05) is 39.2 Å². The van der Waals surface area contributed by atoms with E-state index in [-0.39, 0.29) is 0 Å². The van der Waals surface area contributed by atoms with Gasteiger partial charge in [0.05, 0.1) is 14.2 Å². The molecule has 0 bridgehead atoms. The van der Waals surface area contributed by atoms with Crippen molar-refractivity contribution in [2.45, 2.75) is 32.7 Å². The van der Waals surface area contributed by atoms with Crippen LogP contribution in [0.25, 0.3) is 0 Å². The van der Waals surface area contributed by atoms with Gasteiger partial charge in [-0.25, -0.2) is 0 Å². The zero-order valence-electron chi connectivity index (χ0n) is 16.3. The number of ether oxygens (including phenoxy) is 2. The normalized spacial score (nSPS) is 16.8. The molecule has 0 saturated carbocycles. The van der Waals surface area contributed by atoms with Crippen LogP contribution in [0, 0.1) is 0 Å². The molecule has 3 rings (SSSR count). The predicted molar refractivity (Wildman–Crippen MR) is 108 cm³/mol. The first-order chi connectivity index (χ1) is 12.7. The second-order valence-corrected chi connectivity index (χ2v) is 6.85. The molecule has 1 N–H and O–H groups in total. The zero-order chi connectivity index (χ0) is 18.5. The molecule has 0 radical (unpaired) electrons. The second kappa shape index (κ2) is 8.45. The molecule has 1 atom stereocenters. The summed E-state index contributed by atoms with van der Waals surface area (Å²) >= 11 is 0. The van der Waals surface area contributed by atoms with Crippen molar-refractivity contribution in [2.24, 2.45) is 0 Å². The summed E-state index contributed by atoms with van der Waals surface area (Å²) in [6.07, 6.45) is 2.12. The van der Waals surface area contributed by atoms with E-state index in [1.807, 2.05) is 0 Å². The Morgan fingerprint density at radius 1 is 1.08 bits per heavy atom. The van der Waals surface area contributed by atoms with E-state index in [1.165, 1.54) is 22.4 Å². The largest absolute Gasteiger partial charge is 0.493 e. The van der Waals surface area contributed by atoms with Gasteiger partial charge in [0.2, 0.25) is 0 Å². The first-order valence-electron chi connectivity index (χ1n) is 9.48. The molecule has 4 nitrogen and oxygen atoms in total. The minimum atomic E-state index is 0.389. The van der Waals surface area contributed by atoms with Crippen LogP contribution in [-0.2, 0) is 12.8 Å². The summed E-state index contributed by atoms with van der Waals surface area (Å²) < 4.78 is 10.9. The van der Waals surface area contributed by atoms with Crippen LogP contribution in [0.4, 0.5) is 5.69 Å². The maximum absolute atomic E-state index is 5.50. The maximum atomic E-state index is 5.50. The van der Waals surface area contributed by atoms with E-state index in [0.717, 1.165) is 44.0 Å². The molecule has 0 aromatic heterocycles. The maximum Gasteiger partial charge on any atom is 0.161 e. The molecule has 140 valence electrons. The van der Waals surface area contributed by atoms with Gasteiger partial charge in [-0.3, -0.25) is 4.90 Å². The van der Waals surface area contributed by atoms with Crippen LogP contribution in [-0.4, -0.2) is 38.8 Å². The Morgan fingerprint density at radius 2 is 1.77 bits per heavy atom. The van der Waals surface area contributed by atoms with Gasteiger partial charge < -0.3 is 14.8 Å². The molecule has 2 aromatic rings. The van der Waals surface area contributed by atoms with Gasteiger partial charge in [-0.1, -0.05) is 12.1 Å². The molecule has 0 saturated heterocycles. The van der Waals surface area contributed by atoms with Crippen LogP contribution in [0.15, 0.2) is 36.4 Å². The average Bonchev–Trinajstić information content (AvgIpc) is 2.68. The number of anilines is 1. The van der Waals surface area contributed by atoms with Crippen LogP contribution in [0.5, 0.6) is 11.5 Å². The van der Waals surface area contributed by atoms with Gasteiger partial charge in [-0.2, -0.15) is 0 Å². The molecule has 26 heavy (non-hydrogen) atoms. The van der Waals surface area contributed by atoms with E-state index >= 15 is 0 Å². The summed E-state index contributed by atoms with van der Waals surface area (Å²) in [6.45, 7) is 7.51. The van der Waals surface area contributed by atoms with Crippen LogP contribution in [0.1, 0.15) is 36.6 Å². The molecule has 0 spiro atoms. The first-order valence-corrected chi connectivity index (χ1v) is 9.48. The van der Waals surface area contributed by atoms with E-state index in [0.29, 0.717) is 6.04 Å². The summed E-state index contributed by atoms with van der Waals surface area (Å²) in [7, 11) is 3.40. The lowest BCUT2D eigenvalue weighted by Crippen LogP contribution is -2.35. The molecule has 0 amide bonds. The van der Waals surface area contributed by atoms with Gasteiger partial charge in [-0.05, 0) is 67.6 Å². The lowest BCUT2D eigenvalue weighted by Gasteiger charge is -2.35. The Morgan fingerprint density at radius 3 is 2.42 bits per heavy atom. The first kappa shape index (κ1) is 18.6. The molecule has 1 aliphatic heterocycles. The molecule has 1 unspecified atom stereocenters. The van der Waals surface area contributed by atoms with Crippen LogP contribution in [0.3, 0.4) is 0 Å². The molecule has 1 aliphatic rings. The SMILES string of the molecule is CCNc1ccc(CCN2CCc3cc(OC)c(OC)cc3C2C)cc1. The van der Waals surface area contributed by atoms with Crippen molar-refractivity contribution in [3.05, 3.63) is 53.1 Å². The minimum Gasteiger partial charge on any atom is -0.493 e. The van der Waals surface area contributed by atoms with Gasteiger partial charge >= 0.3 is 0 Å². The third-order valence-corrected chi connectivity index (χ3v) is 5.33. The monoisotopic (exact) mass is 354 g/mol. The lowest BCUT2D eigenvalue weighted by molar-refractivity contribution is 0.200. The standard InChI is InChI=1S/C22H30N2O2/c1-5-23-19-8-6-17(7-9-19)10-12-24-13-11-18-14-21(25-3)22(26-4)15-20(18)16(24)2/h6-9,14-16,23H,5,10-13H2,1-4H3. The number of methoxy groups -OCH3 is 2. The van der Waals surface area contributed by atoms with E-state index < -0.39 is 0 Å². The Hall–Kier alpha value is -2.20. The summed E-state index contributed by atoms with van der Waals surface area (Å²) in [4.78, 5) is 2.56. The minimum absolute atomic E-state index is 0.389. The van der Waals surface area contributed by atoms with Crippen molar-refractivity contribution < 1.29 is 9.47 Å². The Kier molecular flexibility index (Phi) is 6.04. The van der Waals surface area contributed by atoms with Crippen LogP contribution >= 0.6 is 0 Å². The molecular weight excluding hydrogens is 324 g/mol.